The number of benzene rings is 1. The SMILES string of the molecule is CCN(CC(O)COc1cccc(C)c1)CC(C)(C)O. The highest BCUT2D eigenvalue weighted by Gasteiger charge is 2.19. The second kappa shape index (κ2) is 7.62. The molecule has 0 aliphatic rings. The summed E-state index contributed by atoms with van der Waals surface area (Å²) in [6.07, 6.45) is -0.571. The first kappa shape index (κ1) is 17.0. The molecule has 0 spiro atoms. The van der Waals surface area contributed by atoms with Crippen LogP contribution in [0.2, 0.25) is 0 Å². The van der Waals surface area contributed by atoms with Crippen LogP contribution in [0.3, 0.4) is 0 Å². The minimum absolute atomic E-state index is 0.256. The smallest absolute Gasteiger partial charge is 0.119 e. The standard InChI is InChI=1S/C16H27NO3/c1-5-17(12-16(3,4)19)10-14(18)11-20-15-8-6-7-13(2)9-15/h6-9,14,18-19H,5,10-12H2,1-4H3. The topological polar surface area (TPSA) is 52.9 Å². The number of nitrogens with zero attached hydrogens (tertiary/aromatic N) is 1. The van der Waals surface area contributed by atoms with Crippen molar-refractivity contribution >= 4 is 0 Å². The summed E-state index contributed by atoms with van der Waals surface area (Å²) in [5, 5.41) is 19.8. The van der Waals surface area contributed by atoms with Gasteiger partial charge in [0.05, 0.1) is 5.60 Å². The van der Waals surface area contributed by atoms with Gasteiger partial charge in [0.2, 0.25) is 0 Å². The van der Waals surface area contributed by atoms with Gasteiger partial charge in [-0.1, -0.05) is 19.1 Å². The van der Waals surface area contributed by atoms with Crippen molar-refractivity contribution in [2.75, 3.05) is 26.2 Å². The van der Waals surface area contributed by atoms with E-state index in [0.717, 1.165) is 17.9 Å². The average Bonchev–Trinajstić information content (AvgIpc) is 2.34. The van der Waals surface area contributed by atoms with Gasteiger partial charge < -0.3 is 14.9 Å². The van der Waals surface area contributed by atoms with E-state index < -0.39 is 11.7 Å². The predicted molar refractivity (Wildman–Crippen MR) is 81.1 cm³/mol. The Morgan fingerprint density at radius 2 is 2.05 bits per heavy atom. The molecule has 1 aromatic rings. The number of ether oxygens (including phenoxy) is 1. The first-order chi connectivity index (χ1) is 9.30. The van der Waals surface area contributed by atoms with Gasteiger partial charge in [-0.3, -0.25) is 4.90 Å². The second-order valence-electron chi connectivity index (χ2n) is 5.92. The van der Waals surface area contributed by atoms with Crippen LogP contribution in [0.1, 0.15) is 26.3 Å². The van der Waals surface area contributed by atoms with Crippen molar-refractivity contribution in [1.29, 1.82) is 0 Å². The first-order valence-electron chi connectivity index (χ1n) is 7.12. The third-order valence-corrected chi connectivity index (χ3v) is 2.96. The third kappa shape index (κ3) is 6.89. The maximum atomic E-state index is 10.0. The first-order valence-corrected chi connectivity index (χ1v) is 7.12. The van der Waals surface area contributed by atoms with E-state index in [0.29, 0.717) is 13.1 Å². The van der Waals surface area contributed by atoms with Crippen molar-refractivity contribution in [2.24, 2.45) is 0 Å². The summed E-state index contributed by atoms with van der Waals surface area (Å²) in [4.78, 5) is 2.02. The number of hydrogen-bond acceptors (Lipinski definition) is 4. The zero-order valence-corrected chi connectivity index (χ0v) is 13.0. The van der Waals surface area contributed by atoms with E-state index in [-0.39, 0.29) is 6.61 Å². The fourth-order valence-electron chi connectivity index (χ4n) is 2.10. The maximum Gasteiger partial charge on any atom is 0.119 e. The van der Waals surface area contributed by atoms with Gasteiger partial charge in [0.15, 0.2) is 0 Å². The Labute approximate surface area is 122 Å². The van der Waals surface area contributed by atoms with E-state index in [1.165, 1.54) is 0 Å². The number of rotatable bonds is 8. The number of likely N-dealkylation sites (N-methyl/N-ethyl adjacent to an activating group) is 1. The van der Waals surface area contributed by atoms with Crippen LogP contribution in [0.25, 0.3) is 0 Å². The largest absolute Gasteiger partial charge is 0.491 e. The minimum Gasteiger partial charge on any atom is -0.491 e. The van der Waals surface area contributed by atoms with E-state index in [1.54, 1.807) is 13.8 Å². The molecule has 0 aliphatic heterocycles. The van der Waals surface area contributed by atoms with Crippen LogP contribution in [0.15, 0.2) is 24.3 Å². The molecule has 1 rings (SSSR count). The highest BCUT2D eigenvalue weighted by molar-refractivity contribution is 5.27. The van der Waals surface area contributed by atoms with Crippen LogP contribution in [-0.2, 0) is 0 Å². The summed E-state index contributed by atoms with van der Waals surface area (Å²) in [6, 6.07) is 7.77. The van der Waals surface area contributed by atoms with Crippen LogP contribution < -0.4 is 4.74 Å². The van der Waals surface area contributed by atoms with Gasteiger partial charge in [0.1, 0.15) is 18.5 Å². The lowest BCUT2D eigenvalue weighted by atomic mass is 10.1. The molecule has 0 saturated carbocycles. The Kier molecular flexibility index (Phi) is 6.46. The highest BCUT2D eigenvalue weighted by atomic mass is 16.5. The molecule has 1 atom stereocenters. The van der Waals surface area contributed by atoms with Crippen LogP contribution in [0, 0.1) is 6.92 Å². The molecule has 2 N–H and O–H groups in total. The van der Waals surface area contributed by atoms with Gasteiger partial charge in [-0.25, -0.2) is 0 Å². The van der Waals surface area contributed by atoms with Gasteiger partial charge in [0, 0.05) is 13.1 Å². The van der Waals surface area contributed by atoms with Crippen molar-refractivity contribution in [2.45, 2.75) is 39.4 Å². The molecule has 0 aliphatic carbocycles. The van der Waals surface area contributed by atoms with Crippen molar-refractivity contribution in [3.8, 4) is 5.75 Å². The van der Waals surface area contributed by atoms with E-state index in [9.17, 15) is 10.2 Å². The van der Waals surface area contributed by atoms with Gasteiger partial charge in [-0.05, 0) is 45.0 Å². The van der Waals surface area contributed by atoms with E-state index in [1.807, 2.05) is 43.0 Å². The molecule has 1 aromatic carbocycles. The Balaban J connectivity index is 2.40. The third-order valence-electron chi connectivity index (χ3n) is 2.96. The molecule has 0 bridgehead atoms. The molecule has 4 nitrogen and oxygen atoms in total. The Morgan fingerprint density at radius 3 is 2.60 bits per heavy atom. The lowest BCUT2D eigenvalue weighted by Crippen LogP contribution is -2.43. The summed E-state index contributed by atoms with van der Waals surface area (Å²) in [5.41, 5.74) is 0.377. The van der Waals surface area contributed by atoms with Crippen molar-refractivity contribution in [3.63, 3.8) is 0 Å². The van der Waals surface area contributed by atoms with Crippen LogP contribution >= 0.6 is 0 Å². The predicted octanol–water partition coefficient (Wildman–Crippen LogP) is 1.83. The normalized spacial score (nSPS) is 13.6. The molecule has 0 radical (unpaired) electrons. The van der Waals surface area contributed by atoms with Crippen LogP contribution in [0.4, 0.5) is 0 Å². The molecule has 20 heavy (non-hydrogen) atoms. The highest BCUT2D eigenvalue weighted by Crippen LogP contribution is 2.13. The molecule has 4 heteroatoms. The van der Waals surface area contributed by atoms with Gasteiger partial charge in [0.25, 0.3) is 0 Å². The molecule has 0 saturated heterocycles. The summed E-state index contributed by atoms with van der Waals surface area (Å²) in [7, 11) is 0. The zero-order valence-electron chi connectivity index (χ0n) is 13.0. The minimum atomic E-state index is -0.757. The van der Waals surface area contributed by atoms with E-state index in [4.69, 9.17) is 4.74 Å². The molecule has 0 fully saturated rings. The van der Waals surface area contributed by atoms with Crippen LogP contribution in [0.5, 0.6) is 5.75 Å². The Bertz CT molecular complexity index is 401. The number of hydrogen-bond donors (Lipinski definition) is 2. The quantitative estimate of drug-likeness (QED) is 0.763. The molecule has 0 heterocycles. The molecular formula is C16H27NO3. The van der Waals surface area contributed by atoms with Crippen LogP contribution in [-0.4, -0.2) is 53.1 Å². The average molecular weight is 281 g/mol. The molecule has 1 unspecified atom stereocenters. The van der Waals surface area contributed by atoms with Gasteiger partial charge in [-0.15, -0.1) is 0 Å². The summed E-state index contributed by atoms with van der Waals surface area (Å²) in [6.45, 7) is 9.62. The lowest BCUT2D eigenvalue weighted by molar-refractivity contribution is 0.0115. The molecule has 0 amide bonds. The van der Waals surface area contributed by atoms with E-state index >= 15 is 0 Å². The Hall–Kier alpha value is -1.10. The molecular weight excluding hydrogens is 254 g/mol. The Morgan fingerprint density at radius 1 is 1.35 bits per heavy atom. The van der Waals surface area contributed by atoms with E-state index in [2.05, 4.69) is 0 Å². The summed E-state index contributed by atoms with van der Waals surface area (Å²) < 4.78 is 5.58. The molecule has 114 valence electrons. The monoisotopic (exact) mass is 281 g/mol. The maximum absolute atomic E-state index is 10.0. The number of aryl methyl sites for hydroxylation is 1. The van der Waals surface area contributed by atoms with Crippen molar-refractivity contribution in [1.82, 2.24) is 4.90 Å². The second-order valence-corrected chi connectivity index (χ2v) is 5.92. The molecule has 0 aromatic heterocycles. The zero-order chi connectivity index (χ0) is 15.2. The number of aliphatic hydroxyl groups excluding tert-OH is 1. The van der Waals surface area contributed by atoms with Crippen molar-refractivity contribution < 1.29 is 14.9 Å². The fraction of sp³-hybridized carbons (Fsp3) is 0.625. The number of aliphatic hydroxyl groups is 2. The van der Waals surface area contributed by atoms with Gasteiger partial charge >= 0.3 is 0 Å². The summed E-state index contributed by atoms with van der Waals surface area (Å²) >= 11 is 0. The van der Waals surface area contributed by atoms with Gasteiger partial charge in [-0.2, -0.15) is 0 Å². The summed E-state index contributed by atoms with van der Waals surface area (Å²) in [5.74, 6) is 0.773. The fourth-order valence-corrected chi connectivity index (χ4v) is 2.10. The van der Waals surface area contributed by atoms with Crippen molar-refractivity contribution in [3.05, 3.63) is 29.8 Å². The lowest BCUT2D eigenvalue weighted by Gasteiger charge is -2.29.